The zero-order valence-electron chi connectivity index (χ0n) is 10.4. The lowest BCUT2D eigenvalue weighted by Crippen LogP contribution is -2.40. The van der Waals surface area contributed by atoms with E-state index in [4.69, 9.17) is 17.3 Å². The Kier molecular flexibility index (Phi) is 6.96. The summed E-state index contributed by atoms with van der Waals surface area (Å²) in [5, 5.41) is 3.54. The van der Waals surface area contributed by atoms with Crippen molar-refractivity contribution in [3.05, 3.63) is 32.4 Å². The van der Waals surface area contributed by atoms with Gasteiger partial charge in [-0.25, -0.2) is 0 Å². The van der Waals surface area contributed by atoms with Gasteiger partial charge in [0.2, 0.25) is 0 Å². The number of nitrogens with one attached hydrogen (secondary N) is 1. The van der Waals surface area contributed by atoms with Gasteiger partial charge in [0.15, 0.2) is 0 Å². The summed E-state index contributed by atoms with van der Waals surface area (Å²) in [6, 6.07) is 5.33. The number of hydrogen-bond acceptors (Lipinski definition) is 2. The van der Waals surface area contributed by atoms with Gasteiger partial charge in [-0.05, 0) is 47.2 Å². The van der Waals surface area contributed by atoms with Crippen molar-refractivity contribution in [3.8, 4) is 0 Å². The van der Waals surface area contributed by atoms with Crippen molar-refractivity contribution in [2.45, 2.75) is 32.2 Å². The van der Waals surface area contributed by atoms with Crippen LogP contribution in [0.4, 0.5) is 0 Å². The Morgan fingerprint density at radius 1 is 1.56 bits per heavy atom. The van der Waals surface area contributed by atoms with E-state index in [-0.39, 0.29) is 11.9 Å². The summed E-state index contributed by atoms with van der Waals surface area (Å²) in [4.78, 5) is 12.0. The van der Waals surface area contributed by atoms with E-state index in [2.05, 4.69) is 34.8 Å². The molecule has 0 aromatic heterocycles. The van der Waals surface area contributed by atoms with Crippen LogP contribution in [0.5, 0.6) is 0 Å². The lowest BCUT2D eigenvalue weighted by atomic mass is 10.1. The summed E-state index contributed by atoms with van der Waals surface area (Å²) in [5.74, 6) is -0.111. The second-order valence-electron chi connectivity index (χ2n) is 4.18. The molecule has 0 spiro atoms. The van der Waals surface area contributed by atoms with Gasteiger partial charge in [0.25, 0.3) is 5.91 Å². The Hall–Kier alpha value is -0.330. The first-order valence-corrected chi connectivity index (χ1v) is 7.50. The molecule has 0 saturated carbocycles. The van der Waals surface area contributed by atoms with Crippen molar-refractivity contribution >= 4 is 40.1 Å². The maximum absolute atomic E-state index is 12.0. The molecule has 1 atom stereocenters. The summed E-state index contributed by atoms with van der Waals surface area (Å²) < 4.78 is 0.937. The Morgan fingerprint density at radius 3 is 2.83 bits per heavy atom. The average molecular weight is 381 g/mol. The van der Waals surface area contributed by atoms with Gasteiger partial charge in [-0.2, -0.15) is 0 Å². The molecule has 1 amide bonds. The molecule has 1 rings (SSSR count). The molecule has 1 unspecified atom stereocenters. The minimum absolute atomic E-state index is 0.0375. The quantitative estimate of drug-likeness (QED) is 0.745. The fraction of sp³-hybridized carbons (Fsp3) is 0.462. The predicted octanol–water partition coefficient (Wildman–Crippen LogP) is 3.19. The molecule has 0 aliphatic carbocycles. The van der Waals surface area contributed by atoms with Crippen LogP contribution >= 0.6 is 34.2 Å². The second-order valence-corrected chi connectivity index (χ2v) is 5.75. The maximum atomic E-state index is 12.0. The minimum Gasteiger partial charge on any atom is -0.348 e. The Bertz CT molecular complexity index is 412. The first-order chi connectivity index (χ1) is 8.58. The fourth-order valence-corrected chi connectivity index (χ4v) is 2.12. The van der Waals surface area contributed by atoms with Crippen LogP contribution in [0.3, 0.4) is 0 Å². The number of halogens is 2. The molecule has 0 radical (unpaired) electrons. The van der Waals surface area contributed by atoms with Gasteiger partial charge in [0.1, 0.15) is 0 Å². The van der Waals surface area contributed by atoms with E-state index in [9.17, 15) is 4.79 Å². The average Bonchev–Trinajstić information content (AvgIpc) is 2.37. The highest BCUT2D eigenvalue weighted by Gasteiger charge is 2.12. The Labute approximate surface area is 127 Å². The molecule has 3 N–H and O–H groups in total. The minimum atomic E-state index is -0.111. The van der Waals surface area contributed by atoms with Crippen molar-refractivity contribution in [1.29, 1.82) is 0 Å². The van der Waals surface area contributed by atoms with Crippen LogP contribution < -0.4 is 11.1 Å². The topological polar surface area (TPSA) is 55.1 Å². The normalized spacial score (nSPS) is 12.2. The van der Waals surface area contributed by atoms with E-state index >= 15 is 0 Å². The summed E-state index contributed by atoms with van der Waals surface area (Å²) >= 11 is 8.13. The molecule has 3 nitrogen and oxygen atoms in total. The number of carbonyl (C=O) groups is 1. The highest BCUT2D eigenvalue weighted by molar-refractivity contribution is 14.1. The lowest BCUT2D eigenvalue weighted by Gasteiger charge is -2.16. The zero-order chi connectivity index (χ0) is 13.5. The number of rotatable bonds is 6. The molecule has 0 saturated heterocycles. The van der Waals surface area contributed by atoms with Crippen LogP contribution in [0.15, 0.2) is 18.2 Å². The lowest BCUT2D eigenvalue weighted by molar-refractivity contribution is 0.0936. The largest absolute Gasteiger partial charge is 0.348 e. The van der Waals surface area contributed by atoms with E-state index < -0.39 is 0 Å². The van der Waals surface area contributed by atoms with E-state index in [0.29, 0.717) is 17.1 Å². The third kappa shape index (κ3) is 4.74. The van der Waals surface area contributed by atoms with Crippen molar-refractivity contribution in [3.63, 3.8) is 0 Å². The molecule has 0 aliphatic rings. The monoisotopic (exact) mass is 380 g/mol. The SMILES string of the molecule is CCCCC(CN)NC(=O)c1ccc(I)c(Cl)c1. The van der Waals surface area contributed by atoms with Gasteiger partial charge in [-0.15, -0.1) is 0 Å². The number of unbranched alkanes of at least 4 members (excludes halogenated alkanes) is 1. The molecule has 0 heterocycles. The van der Waals surface area contributed by atoms with E-state index in [1.54, 1.807) is 12.1 Å². The fourth-order valence-electron chi connectivity index (χ4n) is 1.61. The molecule has 18 heavy (non-hydrogen) atoms. The molecule has 0 bridgehead atoms. The van der Waals surface area contributed by atoms with Gasteiger partial charge in [0, 0.05) is 21.7 Å². The number of amides is 1. The van der Waals surface area contributed by atoms with Crippen LogP contribution in [0.25, 0.3) is 0 Å². The molecule has 0 fully saturated rings. The summed E-state index contributed by atoms with van der Waals surface area (Å²) in [5.41, 5.74) is 6.23. The summed E-state index contributed by atoms with van der Waals surface area (Å²) in [6.07, 6.45) is 3.08. The maximum Gasteiger partial charge on any atom is 0.251 e. The van der Waals surface area contributed by atoms with E-state index in [0.717, 1.165) is 22.8 Å². The molecule has 100 valence electrons. The highest BCUT2D eigenvalue weighted by atomic mass is 127. The van der Waals surface area contributed by atoms with Crippen molar-refractivity contribution in [1.82, 2.24) is 5.32 Å². The highest BCUT2D eigenvalue weighted by Crippen LogP contribution is 2.19. The predicted molar refractivity (Wildman–Crippen MR) is 84.0 cm³/mol. The Morgan fingerprint density at radius 2 is 2.28 bits per heavy atom. The van der Waals surface area contributed by atoms with Crippen LogP contribution in [0.1, 0.15) is 36.5 Å². The standard InChI is InChI=1S/C13H18ClIN2O/c1-2-3-4-10(8-16)17-13(18)9-5-6-12(15)11(14)7-9/h5-7,10H,2-4,8,16H2,1H3,(H,17,18). The molecule has 5 heteroatoms. The van der Waals surface area contributed by atoms with Crippen molar-refractivity contribution < 1.29 is 4.79 Å². The number of benzene rings is 1. The number of nitrogens with two attached hydrogens (primary N) is 1. The van der Waals surface area contributed by atoms with Gasteiger partial charge in [0.05, 0.1) is 5.02 Å². The van der Waals surface area contributed by atoms with Gasteiger partial charge < -0.3 is 11.1 Å². The molecule has 1 aromatic carbocycles. The van der Waals surface area contributed by atoms with Crippen LogP contribution in [0.2, 0.25) is 5.02 Å². The van der Waals surface area contributed by atoms with Gasteiger partial charge in [-0.1, -0.05) is 31.4 Å². The molecular formula is C13H18ClIN2O. The van der Waals surface area contributed by atoms with E-state index in [1.165, 1.54) is 0 Å². The van der Waals surface area contributed by atoms with Crippen LogP contribution in [-0.2, 0) is 0 Å². The Balaban J connectivity index is 2.65. The molecule has 0 aliphatic heterocycles. The summed E-state index contributed by atoms with van der Waals surface area (Å²) in [6.45, 7) is 2.58. The molecule has 1 aromatic rings. The van der Waals surface area contributed by atoms with Crippen molar-refractivity contribution in [2.75, 3.05) is 6.54 Å². The van der Waals surface area contributed by atoms with Crippen LogP contribution in [-0.4, -0.2) is 18.5 Å². The first-order valence-electron chi connectivity index (χ1n) is 6.04. The number of hydrogen-bond donors (Lipinski definition) is 2. The second kappa shape index (κ2) is 7.96. The molecular weight excluding hydrogens is 363 g/mol. The van der Waals surface area contributed by atoms with E-state index in [1.807, 2.05) is 6.07 Å². The van der Waals surface area contributed by atoms with Crippen molar-refractivity contribution in [2.24, 2.45) is 5.73 Å². The third-order valence-corrected chi connectivity index (χ3v) is 4.28. The first kappa shape index (κ1) is 15.7. The third-order valence-electron chi connectivity index (χ3n) is 2.71. The van der Waals surface area contributed by atoms with Gasteiger partial charge in [-0.3, -0.25) is 4.79 Å². The zero-order valence-corrected chi connectivity index (χ0v) is 13.3. The van der Waals surface area contributed by atoms with Gasteiger partial charge >= 0.3 is 0 Å². The van der Waals surface area contributed by atoms with Crippen LogP contribution in [0, 0.1) is 3.57 Å². The number of carbonyl (C=O) groups excluding carboxylic acids is 1. The smallest absolute Gasteiger partial charge is 0.251 e. The summed E-state index contributed by atoms with van der Waals surface area (Å²) in [7, 11) is 0.